The Morgan fingerprint density at radius 2 is 1.94 bits per heavy atom. The summed E-state index contributed by atoms with van der Waals surface area (Å²) in [5.74, 6) is 0. The van der Waals surface area contributed by atoms with Crippen molar-refractivity contribution in [1.82, 2.24) is 4.31 Å². The molecule has 1 aromatic carbocycles. The summed E-state index contributed by atoms with van der Waals surface area (Å²) >= 11 is 0. The summed E-state index contributed by atoms with van der Waals surface area (Å²) in [4.78, 5) is 0.122. The Morgan fingerprint density at radius 1 is 1.33 bits per heavy atom. The van der Waals surface area contributed by atoms with Crippen molar-refractivity contribution in [1.29, 1.82) is 0 Å². The van der Waals surface area contributed by atoms with Gasteiger partial charge in [0.1, 0.15) is 4.90 Å². The van der Waals surface area contributed by atoms with E-state index in [9.17, 15) is 8.42 Å². The number of sulfonamides is 1. The van der Waals surface area contributed by atoms with Crippen LogP contribution in [0.15, 0.2) is 29.2 Å². The molecule has 0 fully saturated rings. The zero-order valence-electron chi connectivity index (χ0n) is 10.7. The van der Waals surface area contributed by atoms with Gasteiger partial charge in [0.2, 0.25) is 10.0 Å². The molecule has 0 unspecified atom stereocenters. The van der Waals surface area contributed by atoms with Crippen molar-refractivity contribution in [3.63, 3.8) is 0 Å². The van der Waals surface area contributed by atoms with Crippen LogP contribution in [0.3, 0.4) is 0 Å². The van der Waals surface area contributed by atoms with Crippen molar-refractivity contribution < 1.29 is 13.5 Å². The van der Waals surface area contributed by atoms with Gasteiger partial charge in [-0.2, -0.15) is 4.31 Å². The summed E-state index contributed by atoms with van der Waals surface area (Å²) in [6.07, 6.45) is 0.407. The van der Waals surface area contributed by atoms with Gasteiger partial charge in [0.15, 0.2) is 0 Å². The summed E-state index contributed by atoms with van der Waals surface area (Å²) in [5, 5.41) is 8.84. The maximum Gasteiger partial charge on any atom is 0.245 e. The second-order valence-electron chi connectivity index (χ2n) is 4.32. The van der Waals surface area contributed by atoms with Crippen molar-refractivity contribution in [2.45, 2.75) is 31.2 Å². The van der Waals surface area contributed by atoms with Crippen molar-refractivity contribution in [2.24, 2.45) is 0 Å². The van der Waals surface area contributed by atoms with E-state index in [4.69, 9.17) is 10.8 Å². The van der Waals surface area contributed by atoms with Crippen LogP contribution >= 0.6 is 0 Å². The van der Waals surface area contributed by atoms with E-state index in [0.717, 1.165) is 0 Å². The zero-order valence-corrected chi connectivity index (χ0v) is 11.5. The van der Waals surface area contributed by atoms with E-state index in [1.807, 2.05) is 0 Å². The van der Waals surface area contributed by atoms with E-state index in [-0.39, 0.29) is 29.8 Å². The highest BCUT2D eigenvalue weighted by Crippen LogP contribution is 2.23. The highest BCUT2D eigenvalue weighted by Gasteiger charge is 2.27. The molecule has 0 radical (unpaired) electrons. The molecule has 5 nitrogen and oxygen atoms in total. The molecule has 0 amide bonds. The first-order valence-electron chi connectivity index (χ1n) is 5.88. The highest BCUT2D eigenvalue weighted by atomic mass is 32.2. The molecule has 0 saturated carbocycles. The van der Waals surface area contributed by atoms with Crippen molar-refractivity contribution in [2.75, 3.05) is 18.9 Å². The van der Waals surface area contributed by atoms with Crippen LogP contribution in [0.25, 0.3) is 0 Å². The Morgan fingerprint density at radius 3 is 2.44 bits per heavy atom. The molecule has 0 aliphatic heterocycles. The predicted octanol–water partition coefficient (Wildman–Crippen LogP) is 1.05. The molecule has 0 bridgehead atoms. The number of nitrogen functional groups attached to an aromatic ring is 1. The number of rotatable bonds is 6. The number of aliphatic hydroxyl groups is 1. The summed E-state index contributed by atoms with van der Waals surface area (Å²) in [6.45, 7) is 3.84. The van der Waals surface area contributed by atoms with E-state index in [1.165, 1.54) is 10.4 Å². The monoisotopic (exact) mass is 272 g/mol. The number of nitrogens with zero attached hydrogens (tertiary/aromatic N) is 1. The van der Waals surface area contributed by atoms with E-state index in [2.05, 4.69) is 0 Å². The van der Waals surface area contributed by atoms with E-state index in [1.54, 1.807) is 32.0 Å². The van der Waals surface area contributed by atoms with Crippen LogP contribution in [0, 0.1) is 0 Å². The Hall–Kier alpha value is -1.11. The molecule has 0 saturated heterocycles. The molecule has 1 rings (SSSR count). The third-order valence-electron chi connectivity index (χ3n) is 2.62. The lowest BCUT2D eigenvalue weighted by molar-refractivity contribution is 0.258. The Bertz CT molecular complexity index is 486. The largest absolute Gasteiger partial charge is 0.398 e. The van der Waals surface area contributed by atoms with Gasteiger partial charge in [0, 0.05) is 19.2 Å². The number of aliphatic hydroxyl groups excluding tert-OH is 1. The molecular weight excluding hydrogens is 252 g/mol. The van der Waals surface area contributed by atoms with Crippen LogP contribution in [0.5, 0.6) is 0 Å². The van der Waals surface area contributed by atoms with Gasteiger partial charge in [-0.15, -0.1) is 0 Å². The van der Waals surface area contributed by atoms with Crippen LogP contribution in [0.2, 0.25) is 0 Å². The minimum atomic E-state index is -3.61. The first kappa shape index (κ1) is 14.9. The van der Waals surface area contributed by atoms with Crippen LogP contribution in [-0.4, -0.2) is 37.0 Å². The SMILES string of the molecule is CC(C)N(CCCO)S(=O)(=O)c1ccccc1N. The smallest absolute Gasteiger partial charge is 0.245 e. The average Bonchev–Trinajstić information content (AvgIpc) is 2.29. The molecule has 0 aromatic heterocycles. The second kappa shape index (κ2) is 6.17. The number of hydrogen-bond donors (Lipinski definition) is 2. The maximum absolute atomic E-state index is 12.5. The first-order chi connectivity index (χ1) is 8.41. The van der Waals surface area contributed by atoms with E-state index in [0.29, 0.717) is 6.42 Å². The van der Waals surface area contributed by atoms with Gasteiger partial charge < -0.3 is 10.8 Å². The van der Waals surface area contributed by atoms with E-state index < -0.39 is 10.0 Å². The molecule has 0 spiro atoms. The van der Waals surface area contributed by atoms with Gasteiger partial charge in [-0.25, -0.2) is 8.42 Å². The van der Waals surface area contributed by atoms with Gasteiger partial charge >= 0.3 is 0 Å². The lowest BCUT2D eigenvalue weighted by Crippen LogP contribution is -2.38. The molecule has 18 heavy (non-hydrogen) atoms. The zero-order chi connectivity index (χ0) is 13.8. The molecule has 6 heteroatoms. The number of hydrogen-bond acceptors (Lipinski definition) is 4. The summed E-state index contributed by atoms with van der Waals surface area (Å²) in [7, 11) is -3.61. The molecular formula is C12H20N2O3S. The van der Waals surface area contributed by atoms with Crippen molar-refractivity contribution in [3.05, 3.63) is 24.3 Å². The molecule has 102 valence electrons. The van der Waals surface area contributed by atoms with Crippen LogP contribution < -0.4 is 5.73 Å². The highest BCUT2D eigenvalue weighted by molar-refractivity contribution is 7.89. The van der Waals surface area contributed by atoms with Crippen LogP contribution in [0.1, 0.15) is 20.3 Å². The molecule has 0 aliphatic carbocycles. The fourth-order valence-electron chi connectivity index (χ4n) is 1.72. The minimum Gasteiger partial charge on any atom is -0.398 e. The normalized spacial score (nSPS) is 12.3. The third-order valence-corrected chi connectivity index (χ3v) is 4.77. The topological polar surface area (TPSA) is 83.6 Å². The van der Waals surface area contributed by atoms with Gasteiger partial charge in [-0.3, -0.25) is 0 Å². The first-order valence-corrected chi connectivity index (χ1v) is 7.32. The average molecular weight is 272 g/mol. The molecule has 0 heterocycles. The lowest BCUT2D eigenvalue weighted by Gasteiger charge is -2.26. The Balaban J connectivity index is 3.14. The number of anilines is 1. The van der Waals surface area contributed by atoms with Crippen molar-refractivity contribution >= 4 is 15.7 Å². The van der Waals surface area contributed by atoms with E-state index >= 15 is 0 Å². The Labute approximate surface area is 108 Å². The standard InChI is InChI=1S/C12H20N2O3S/c1-10(2)14(8-5-9-15)18(16,17)12-7-4-3-6-11(12)13/h3-4,6-7,10,15H,5,8-9,13H2,1-2H3. The molecule has 0 atom stereocenters. The minimum absolute atomic E-state index is 0.0387. The fraction of sp³-hybridized carbons (Fsp3) is 0.500. The molecule has 3 N–H and O–H groups in total. The van der Waals surface area contributed by atoms with Gasteiger partial charge in [0.05, 0.1) is 5.69 Å². The van der Waals surface area contributed by atoms with Crippen molar-refractivity contribution in [3.8, 4) is 0 Å². The molecule has 0 aliphatic rings. The van der Waals surface area contributed by atoms with Gasteiger partial charge in [0.25, 0.3) is 0 Å². The summed E-state index contributed by atoms with van der Waals surface area (Å²) < 4.78 is 26.3. The molecule has 1 aromatic rings. The van der Waals surface area contributed by atoms with Gasteiger partial charge in [-0.1, -0.05) is 12.1 Å². The summed E-state index contributed by atoms with van der Waals surface area (Å²) in [5.41, 5.74) is 5.96. The number of benzene rings is 1. The fourth-order valence-corrected chi connectivity index (χ4v) is 3.52. The quantitative estimate of drug-likeness (QED) is 0.758. The third kappa shape index (κ3) is 3.22. The predicted molar refractivity (Wildman–Crippen MR) is 71.6 cm³/mol. The maximum atomic E-state index is 12.5. The lowest BCUT2D eigenvalue weighted by atomic mass is 10.3. The summed E-state index contributed by atoms with van der Waals surface area (Å²) in [6, 6.07) is 6.23. The second-order valence-corrected chi connectivity index (χ2v) is 6.18. The number of para-hydroxylation sites is 1. The van der Waals surface area contributed by atoms with Crippen LogP contribution in [-0.2, 0) is 10.0 Å². The Kier molecular flexibility index (Phi) is 5.13. The van der Waals surface area contributed by atoms with Crippen LogP contribution in [0.4, 0.5) is 5.69 Å². The van der Waals surface area contributed by atoms with Gasteiger partial charge in [-0.05, 0) is 32.4 Å². The number of nitrogens with two attached hydrogens (primary N) is 1.